The van der Waals surface area contributed by atoms with Gasteiger partial charge < -0.3 is 15.8 Å². The number of hydrogen-bond acceptors (Lipinski definition) is 8. The number of ether oxygens (including phenoxy) is 1. The number of nitrogens with zero attached hydrogens (tertiary/aromatic N) is 3. The molecule has 38 heavy (non-hydrogen) atoms. The highest BCUT2D eigenvalue weighted by molar-refractivity contribution is 7.15. The summed E-state index contributed by atoms with van der Waals surface area (Å²) in [5, 5.41) is 3.60. The zero-order valence-electron chi connectivity index (χ0n) is 20.6. The number of carbonyl (C=O) groups excluding carboxylic acids is 1. The number of pyridine rings is 2. The van der Waals surface area contributed by atoms with Gasteiger partial charge in [-0.25, -0.2) is 19.7 Å². The van der Waals surface area contributed by atoms with Crippen LogP contribution in [0.1, 0.15) is 50.5 Å². The fourth-order valence-corrected chi connectivity index (χ4v) is 5.68. The lowest BCUT2D eigenvalue weighted by Gasteiger charge is -2.34. The number of halogens is 3. The van der Waals surface area contributed by atoms with E-state index in [1.165, 1.54) is 18.4 Å². The molecule has 0 unspecified atom stereocenters. The molecular weight excluding hydrogens is 515 g/mol. The van der Waals surface area contributed by atoms with Gasteiger partial charge in [-0.2, -0.15) is 13.2 Å². The van der Waals surface area contributed by atoms with E-state index in [0.717, 1.165) is 57.7 Å². The van der Waals surface area contributed by atoms with E-state index in [4.69, 9.17) is 10.5 Å². The second-order valence-corrected chi connectivity index (χ2v) is 10.2. The number of thiazole rings is 1. The average molecular weight is 540 g/mol. The largest absolute Gasteiger partial charge is 0.465 e. The molecule has 0 bridgehead atoms. The van der Waals surface area contributed by atoms with Crippen molar-refractivity contribution in [3.05, 3.63) is 87.7 Å². The number of methoxy groups -OCH3 is 1. The minimum atomic E-state index is -4.47. The van der Waals surface area contributed by atoms with Crippen LogP contribution in [0, 0.1) is 6.92 Å². The third-order valence-electron chi connectivity index (χ3n) is 6.48. The normalized spacial score (nSPS) is 17.1. The summed E-state index contributed by atoms with van der Waals surface area (Å²) in [6.07, 6.45) is 0.674. The van der Waals surface area contributed by atoms with Crippen LogP contribution in [0.3, 0.4) is 0 Å². The van der Waals surface area contributed by atoms with Crippen LogP contribution >= 0.6 is 11.3 Å². The van der Waals surface area contributed by atoms with Crippen molar-refractivity contribution >= 4 is 28.9 Å². The SMILES string of the molecule is COC(=O)c1ccc2c(c1)CCC[C@]2(N)c1ncc(-c2cc(C)cc(Nc3cc(C(F)(F)F)ccn3)n2)s1. The van der Waals surface area contributed by atoms with Gasteiger partial charge in [0.1, 0.15) is 16.6 Å². The number of aromatic nitrogens is 3. The van der Waals surface area contributed by atoms with E-state index < -0.39 is 23.2 Å². The maximum absolute atomic E-state index is 13.1. The molecule has 1 atom stereocenters. The highest BCUT2D eigenvalue weighted by atomic mass is 32.1. The standard InChI is InChI=1S/C27H24F3N5O2S/c1-15-10-20(34-23(11-15)35-22-13-18(7-9-32-22)27(28,29)30)21-14-33-25(38-21)26(31)8-3-4-16-12-17(24(36)37-2)5-6-19(16)26/h5-7,9-14H,3-4,8,31H2,1-2H3,(H,32,34,35)/t26-/m1/s1. The van der Waals surface area contributed by atoms with E-state index in [2.05, 4.69) is 20.3 Å². The predicted octanol–water partition coefficient (Wildman–Crippen LogP) is 6.00. The highest BCUT2D eigenvalue weighted by Crippen LogP contribution is 2.42. The first-order chi connectivity index (χ1) is 18.1. The molecule has 0 saturated heterocycles. The summed E-state index contributed by atoms with van der Waals surface area (Å²) in [5.74, 6) is 0.00954. The van der Waals surface area contributed by atoms with E-state index in [1.807, 2.05) is 25.1 Å². The van der Waals surface area contributed by atoms with Gasteiger partial charge in [-0.05, 0) is 79.3 Å². The molecule has 1 aliphatic rings. The maximum Gasteiger partial charge on any atom is 0.416 e. The maximum atomic E-state index is 13.1. The molecule has 0 spiro atoms. The molecule has 3 N–H and O–H groups in total. The van der Waals surface area contributed by atoms with E-state index >= 15 is 0 Å². The van der Waals surface area contributed by atoms with Crippen LogP contribution in [0.4, 0.5) is 24.8 Å². The first-order valence-electron chi connectivity index (χ1n) is 11.8. The van der Waals surface area contributed by atoms with Gasteiger partial charge >= 0.3 is 12.1 Å². The smallest absolute Gasteiger partial charge is 0.416 e. The number of esters is 1. The van der Waals surface area contributed by atoms with E-state index in [1.54, 1.807) is 18.3 Å². The monoisotopic (exact) mass is 539 g/mol. The zero-order valence-corrected chi connectivity index (χ0v) is 21.4. The topological polar surface area (TPSA) is 103 Å². The molecule has 0 aliphatic heterocycles. The number of alkyl halides is 3. The second kappa shape index (κ2) is 9.80. The molecule has 0 amide bonds. The molecule has 7 nitrogen and oxygen atoms in total. The molecule has 0 saturated carbocycles. The van der Waals surface area contributed by atoms with E-state index in [-0.39, 0.29) is 5.82 Å². The number of fused-ring (bicyclic) bond motifs is 1. The van der Waals surface area contributed by atoms with Gasteiger partial charge in [0.25, 0.3) is 0 Å². The molecule has 3 aromatic heterocycles. The van der Waals surface area contributed by atoms with Crippen LogP contribution in [-0.2, 0) is 22.9 Å². The van der Waals surface area contributed by atoms with Crippen molar-refractivity contribution in [2.24, 2.45) is 5.73 Å². The molecule has 0 fully saturated rings. The van der Waals surface area contributed by atoms with Gasteiger partial charge in [0.05, 0.1) is 34.3 Å². The number of rotatable bonds is 5. The Balaban J connectivity index is 1.45. The van der Waals surface area contributed by atoms with Crippen molar-refractivity contribution in [1.82, 2.24) is 15.0 Å². The Hall–Kier alpha value is -3.83. The lowest BCUT2D eigenvalue weighted by Crippen LogP contribution is -2.41. The summed E-state index contributed by atoms with van der Waals surface area (Å²) < 4.78 is 44.1. The highest BCUT2D eigenvalue weighted by Gasteiger charge is 2.37. The second-order valence-electron chi connectivity index (χ2n) is 9.19. The van der Waals surface area contributed by atoms with Crippen molar-refractivity contribution in [1.29, 1.82) is 0 Å². The van der Waals surface area contributed by atoms with Crippen LogP contribution in [0.15, 0.2) is 54.9 Å². The lowest BCUT2D eigenvalue weighted by atomic mass is 9.77. The van der Waals surface area contributed by atoms with Crippen LogP contribution in [-0.4, -0.2) is 28.0 Å². The Morgan fingerprint density at radius 1 is 1.13 bits per heavy atom. The van der Waals surface area contributed by atoms with Gasteiger partial charge in [-0.15, -0.1) is 11.3 Å². The minimum Gasteiger partial charge on any atom is -0.465 e. The Morgan fingerprint density at radius 3 is 2.71 bits per heavy atom. The van der Waals surface area contributed by atoms with Crippen LogP contribution < -0.4 is 11.1 Å². The first kappa shape index (κ1) is 25.8. The molecular formula is C27H24F3N5O2S. The minimum absolute atomic E-state index is 0.0416. The van der Waals surface area contributed by atoms with Crippen molar-refractivity contribution in [2.75, 3.05) is 12.4 Å². The number of benzene rings is 1. The average Bonchev–Trinajstić information content (AvgIpc) is 3.39. The summed E-state index contributed by atoms with van der Waals surface area (Å²) in [7, 11) is 1.35. The summed E-state index contributed by atoms with van der Waals surface area (Å²) in [4.78, 5) is 26.0. The third-order valence-corrected chi connectivity index (χ3v) is 7.67. The molecule has 0 radical (unpaired) electrons. The number of hydrogen-bond donors (Lipinski definition) is 2. The van der Waals surface area contributed by atoms with Crippen LogP contribution in [0.5, 0.6) is 0 Å². The fourth-order valence-electron chi connectivity index (χ4n) is 4.66. The Labute approximate surface area is 220 Å². The molecule has 3 heterocycles. The Bertz CT molecular complexity index is 1520. The molecule has 4 aromatic rings. The van der Waals surface area contributed by atoms with Crippen LogP contribution in [0.25, 0.3) is 10.6 Å². The van der Waals surface area contributed by atoms with Gasteiger partial charge in [0.2, 0.25) is 0 Å². The van der Waals surface area contributed by atoms with E-state index in [9.17, 15) is 18.0 Å². The molecule has 1 aromatic carbocycles. The number of carbonyl (C=O) groups is 1. The molecule has 1 aliphatic carbocycles. The third kappa shape index (κ3) is 4.99. The van der Waals surface area contributed by atoms with Crippen molar-refractivity contribution in [2.45, 2.75) is 37.9 Å². The number of nitrogens with two attached hydrogens (primary N) is 1. The summed E-state index contributed by atoms with van der Waals surface area (Å²) in [5.41, 5.74) is 9.21. The van der Waals surface area contributed by atoms with Crippen molar-refractivity contribution < 1.29 is 22.7 Å². The molecule has 196 valence electrons. The summed E-state index contributed by atoms with van der Waals surface area (Å²) >= 11 is 1.42. The zero-order chi connectivity index (χ0) is 27.1. The lowest BCUT2D eigenvalue weighted by molar-refractivity contribution is -0.137. The quantitative estimate of drug-likeness (QED) is 0.300. The predicted molar refractivity (Wildman–Crippen MR) is 138 cm³/mol. The fraction of sp³-hybridized carbons (Fsp3) is 0.259. The number of nitrogens with one attached hydrogen (secondary N) is 1. The Kier molecular flexibility index (Phi) is 6.66. The van der Waals surface area contributed by atoms with Gasteiger partial charge in [0.15, 0.2) is 0 Å². The molecule has 11 heteroatoms. The number of anilines is 2. The van der Waals surface area contributed by atoms with E-state index in [0.29, 0.717) is 23.5 Å². The van der Waals surface area contributed by atoms with Crippen LogP contribution in [0.2, 0.25) is 0 Å². The van der Waals surface area contributed by atoms with Gasteiger partial charge in [0, 0.05) is 12.4 Å². The van der Waals surface area contributed by atoms with Gasteiger partial charge in [-0.3, -0.25) is 0 Å². The van der Waals surface area contributed by atoms with Crippen molar-refractivity contribution in [3.63, 3.8) is 0 Å². The molecule has 5 rings (SSSR count). The summed E-state index contributed by atoms with van der Waals surface area (Å²) in [6.45, 7) is 1.87. The van der Waals surface area contributed by atoms with Gasteiger partial charge in [-0.1, -0.05) is 6.07 Å². The Morgan fingerprint density at radius 2 is 1.95 bits per heavy atom. The first-order valence-corrected chi connectivity index (χ1v) is 12.6. The number of aryl methyl sites for hydroxylation is 2. The summed E-state index contributed by atoms with van der Waals surface area (Å²) in [6, 6.07) is 10.9. The van der Waals surface area contributed by atoms with Crippen molar-refractivity contribution in [3.8, 4) is 10.6 Å².